The van der Waals surface area contributed by atoms with E-state index >= 15 is 0 Å². The molecule has 0 heterocycles. The molecule has 1 aliphatic carbocycles. The van der Waals surface area contributed by atoms with Crippen LogP contribution in [0.1, 0.15) is 52.0 Å². The third-order valence-electron chi connectivity index (χ3n) is 3.78. The summed E-state index contributed by atoms with van der Waals surface area (Å²) in [4.78, 5) is 0. The van der Waals surface area contributed by atoms with Crippen molar-refractivity contribution in [2.24, 2.45) is 0 Å². The van der Waals surface area contributed by atoms with Crippen LogP contribution in [-0.2, 0) is 11.3 Å². The largest absolute Gasteiger partial charge is 0.491 e. The molecule has 0 amide bonds. The van der Waals surface area contributed by atoms with Crippen molar-refractivity contribution in [1.82, 2.24) is 5.32 Å². The Hall–Kier alpha value is -1.06. The summed E-state index contributed by atoms with van der Waals surface area (Å²) >= 11 is 0. The maximum Gasteiger partial charge on any atom is 0.123 e. The van der Waals surface area contributed by atoms with Crippen LogP contribution in [-0.4, -0.2) is 24.9 Å². The van der Waals surface area contributed by atoms with E-state index in [-0.39, 0.29) is 5.54 Å². The molecule has 21 heavy (non-hydrogen) atoms. The quantitative estimate of drug-likeness (QED) is 0.773. The van der Waals surface area contributed by atoms with Gasteiger partial charge in [0.25, 0.3) is 0 Å². The zero-order chi connectivity index (χ0) is 15.1. The molecule has 118 valence electrons. The second-order valence-corrected chi connectivity index (χ2v) is 6.84. The van der Waals surface area contributed by atoms with E-state index in [1.54, 1.807) is 0 Å². The van der Waals surface area contributed by atoms with Crippen molar-refractivity contribution in [3.05, 3.63) is 29.8 Å². The van der Waals surface area contributed by atoms with Crippen molar-refractivity contribution < 1.29 is 9.47 Å². The molecule has 1 aromatic carbocycles. The Balaban J connectivity index is 1.76. The van der Waals surface area contributed by atoms with Gasteiger partial charge in [-0.15, -0.1) is 0 Å². The average molecular weight is 291 g/mol. The summed E-state index contributed by atoms with van der Waals surface area (Å²) in [5.41, 5.74) is 1.31. The van der Waals surface area contributed by atoms with E-state index in [4.69, 9.17) is 9.47 Å². The zero-order valence-corrected chi connectivity index (χ0v) is 13.7. The standard InChI is InChI=1S/C18H29NO2/c1-18(2,3)19-14-15-8-4-7-11-17(15)21-13-12-20-16-9-5-6-10-16/h4,7-8,11,16,19H,5-6,9-10,12-14H2,1-3H3. The van der Waals surface area contributed by atoms with Crippen LogP contribution < -0.4 is 10.1 Å². The van der Waals surface area contributed by atoms with E-state index in [0.717, 1.165) is 12.3 Å². The molecule has 0 spiro atoms. The van der Waals surface area contributed by atoms with Gasteiger partial charge in [-0.2, -0.15) is 0 Å². The molecule has 1 aromatic rings. The predicted octanol–water partition coefficient (Wildman–Crippen LogP) is 3.91. The van der Waals surface area contributed by atoms with Crippen LogP contribution in [0.25, 0.3) is 0 Å². The van der Waals surface area contributed by atoms with Crippen molar-refractivity contribution in [3.63, 3.8) is 0 Å². The lowest BCUT2D eigenvalue weighted by atomic mass is 10.1. The van der Waals surface area contributed by atoms with Gasteiger partial charge in [0.2, 0.25) is 0 Å². The van der Waals surface area contributed by atoms with E-state index in [0.29, 0.717) is 19.3 Å². The highest BCUT2D eigenvalue weighted by Crippen LogP contribution is 2.21. The Bertz CT molecular complexity index is 419. The van der Waals surface area contributed by atoms with E-state index in [1.807, 2.05) is 12.1 Å². The van der Waals surface area contributed by atoms with Crippen molar-refractivity contribution >= 4 is 0 Å². The first kappa shape index (κ1) is 16.3. The third kappa shape index (κ3) is 6.06. The third-order valence-corrected chi connectivity index (χ3v) is 3.78. The summed E-state index contributed by atoms with van der Waals surface area (Å²) in [7, 11) is 0. The number of para-hydroxylation sites is 1. The van der Waals surface area contributed by atoms with Crippen LogP contribution in [0, 0.1) is 0 Å². The lowest BCUT2D eigenvalue weighted by Crippen LogP contribution is -2.35. The van der Waals surface area contributed by atoms with Gasteiger partial charge in [-0.05, 0) is 39.7 Å². The highest BCUT2D eigenvalue weighted by atomic mass is 16.5. The number of benzene rings is 1. The molecule has 0 aromatic heterocycles. The Kier molecular flexibility index (Phi) is 6.07. The summed E-state index contributed by atoms with van der Waals surface area (Å²) in [6.07, 6.45) is 5.52. The van der Waals surface area contributed by atoms with Crippen LogP contribution >= 0.6 is 0 Å². The molecular weight excluding hydrogens is 262 g/mol. The summed E-state index contributed by atoms with van der Waals surface area (Å²) in [6, 6.07) is 8.23. The lowest BCUT2D eigenvalue weighted by Gasteiger charge is -2.21. The summed E-state index contributed by atoms with van der Waals surface area (Å²) in [5, 5.41) is 3.50. The van der Waals surface area contributed by atoms with Crippen molar-refractivity contribution in [2.45, 2.75) is 64.6 Å². The molecular formula is C18H29NO2. The molecule has 0 aliphatic heterocycles. The Labute approximate surface area is 129 Å². The van der Waals surface area contributed by atoms with Crippen LogP contribution in [0.4, 0.5) is 0 Å². The molecule has 3 nitrogen and oxygen atoms in total. The van der Waals surface area contributed by atoms with Gasteiger partial charge in [0.15, 0.2) is 0 Å². The fraction of sp³-hybridized carbons (Fsp3) is 0.667. The lowest BCUT2D eigenvalue weighted by molar-refractivity contribution is 0.0380. The van der Waals surface area contributed by atoms with Gasteiger partial charge in [-0.25, -0.2) is 0 Å². The Morgan fingerprint density at radius 1 is 1.10 bits per heavy atom. The smallest absolute Gasteiger partial charge is 0.123 e. The van der Waals surface area contributed by atoms with Gasteiger partial charge in [-0.3, -0.25) is 0 Å². The molecule has 0 unspecified atom stereocenters. The number of nitrogens with one attached hydrogen (secondary N) is 1. The van der Waals surface area contributed by atoms with E-state index < -0.39 is 0 Å². The zero-order valence-electron chi connectivity index (χ0n) is 13.7. The number of rotatable bonds is 7. The summed E-state index contributed by atoms with van der Waals surface area (Å²) in [6.45, 7) is 8.65. The van der Waals surface area contributed by atoms with E-state index in [2.05, 4.69) is 38.2 Å². The second kappa shape index (κ2) is 7.81. The van der Waals surface area contributed by atoms with Gasteiger partial charge < -0.3 is 14.8 Å². The van der Waals surface area contributed by atoms with Crippen LogP contribution in [0.15, 0.2) is 24.3 Å². The van der Waals surface area contributed by atoms with Gasteiger partial charge in [0.05, 0.1) is 12.7 Å². The first-order valence-electron chi connectivity index (χ1n) is 8.12. The van der Waals surface area contributed by atoms with Crippen LogP contribution in [0.3, 0.4) is 0 Å². The number of hydrogen-bond donors (Lipinski definition) is 1. The van der Waals surface area contributed by atoms with Gasteiger partial charge in [-0.1, -0.05) is 31.0 Å². The van der Waals surface area contributed by atoms with Gasteiger partial charge in [0, 0.05) is 17.6 Å². The SMILES string of the molecule is CC(C)(C)NCc1ccccc1OCCOC1CCCC1. The van der Waals surface area contributed by atoms with Crippen molar-refractivity contribution in [1.29, 1.82) is 0 Å². The van der Waals surface area contributed by atoms with Crippen molar-refractivity contribution in [3.8, 4) is 5.75 Å². The topological polar surface area (TPSA) is 30.5 Å². The molecule has 1 fully saturated rings. The van der Waals surface area contributed by atoms with Crippen molar-refractivity contribution in [2.75, 3.05) is 13.2 Å². The van der Waals surface area contributed by atoms with Gasteiger partial charge in [0.1, 0.15) is 12.4 Å². The normalized spacial score (nSPS) is 16.3. The summed E-state index contributed by atoms with van der Waals surface area (Å²) in [5.74, 6) is 0.962. The van der Waals surface area contributed by atoms with Crippen LogP contribution in [0.5, 0.6) is 5.75 Å². The highest BCUT2D eigenvalue weighted by molar-refractivity contribution is 5.33. The Morgan fingerprint density at radius 3 is 2.52 bits per heavy atom. The first-order valence-corrected chi connectivity index (χ1v) is 8.12. The molecule has 0 atom stereocenters. The minimum Gasteiger partial charge on any atom is -0.491 e. The second-order valence-electron chi connectivity index (χ2n) is 6.84. The van der Waals surface area contributed by atoms with E-state index in [9.17, 15) is 0 Å². The molecule has 0 bridgehead atoms. The molecule has 0 saturated heterocycles. The predicted molar refractivity (Wildman–Crippen MR) is 86.7 cm³/mol. The number of hydrogen-bond acceptors (Lipinski definition) is 3. The van der Waals surface area contributed by atoms with E-state index in [1.165, 1.54) is 31.2 Å². The Morgan fingerprint density at radius 2 is 1.81 bits per heavy atom. The summed E-state index contributed by atoms with van der Waals surface area (Å²) < 4.78 is 11.7. The molecule has 1 aliphatic rings. The fourth-order valence-electron chi connectivity index (χ4n) is 2.57. The average Bonchev–Trinajstić information content (AvgIpc) is 2.95. The maximum absolute atomic E-state index is 5.90. The molecule has 3 heteroatoms. The highest BCUT2D eigenvalue weighted by Gasteiger charge is 2.15. The minimum atomic E-state index is 0.110. The molecule has 0 radical (unpaired) electrons. The van der Waals surface area contributed by atoms with Crippen LogP contribution in [0.2, 0.25) is 0 Å². The monoisotopic (exact) mass is 291 g/mol. The number of ether oxygens (including phenoxy) is 2. The molecule has 1 saturated carbocycles. The fourth-order valence-corrected chi connectivity index (χ4v) is 2.57. The first-order chi connectivity index (χ1) is 10.0. The molecule has 2 rings (SSSR count). The van der Waals surface area contributed by atoms with Gasteiger partial charge >= 0.3 is 0 Å². The minimum absolute atomic E-state index is 0.110. The molecule has 1 N–H and O–H groups in total. The maximum atomic E-state index is 5.90.